The maximum absolute atomic E-state index is 11.5. The Hall–Kier alpha value is -0.400. The second-order valence-corrected chi connectivity index (χ2v) is 8.55. The van der Waals surface area contributed by atoms with Gasteiger partial charge in [-0.05, 0) is 24.3 Å². The molecule has 9 heteroatoms. The van der Waals surface area contributed by atoms with Crippen molar-refractivity contribution in [2.75, 3.05) is 13.7 Å². The van der Waals surface area contributed by atoms with Crippen LogP contribution in [0, 0.1) is 0 Å². The third kappa shape index (κ3) is 4.07. The summed E-state index contributed by atoms with van der Waals surface area (Å²) in [5.41, 5.74) is 0. The van der Waals surface area contributed by atoms with Crippen LogP contribution in [0.15, 0.2) is 24.3 Å². The van der Waals surface area contributed by atoms with Gasteiger partial charge in [0.05, 0.1) is 13.7 Å². The lowest BCUT2D eigenvalue weighted by Gasteiger charge is -2.39. The van der Waals surface area contributed by atoms with Gasteiger partial charge in [-0.2, -0.15) is 8.42 Å². The summed E-state index contributed by atoms with van der Waals surface area (Å²) in [7, 11) is -2.11. The van der Waals surface area contributed by atoms with Crippen LogP contribution in [0.25, 0.3) is 0 Å². The van der Waals surface area contributed by atoms with Crippen molar-refractivity contribution < 1.29 is 22.1 Å². The number of halogens is 3. The van der Waals surface area contributed by atoms with Gasteiger partial charge in [-0.15, -0.1) is 0 Å². The molecular formula is C12H13Cl3O5S. The highest BCUT2D eigenvalue weighted by Gasteiger charge is 2.56. The molecule has 0 aromatic heterocycles. The van der Waals surface area contributed by atoms with Crippen LogP contribution in [0.1, 0.15) is 6.42 Å². The highest BCUT2D eigenvalue weighted by atomic mass is 35.6. The van der Waals surface area contributed by atoms with Crippen molar-refractivity contribution in [3.8, 4) is 11.5 Å². The van der Waals surface area contributed by atoms with Crippen LogP contribution in [0.3, 0.4) is 0 Å². The van der Waals surface area contributed by atoms with Gasteiger partial charge in [0.2, 0.25) is 3.79 Å². The van der Waals surface area contributed by atoms with E-state index in [1.165, 1.54) is 0 Å². The molecule has 5 nitrogen and oxygen atoms in total. The highest BCUT2D eigenvalue weighted by molar-refractivity contribution is 7.88. The van der Waals surface area contributed by atoms with Crippen LogP contribution in [0.2, 0.25) is 0 Å². The summed E-state index contributed by atoms with van der Waals surface area (Å²) in [6.07, 6.45) is -0.806. The predicted octanol–water partition coefficient (Wildman–Crippen LogP) is 2.93. The minimum absolute atomic E-state index is 0.164. The van der Waals surface area contributed by atoms with Crippen molar-refractivity contribution in [3.05, 3.63) is 24.3 Å². The summed E-state index contributed by atoms with van der Waals surface area (Å²) < 4.78 is 36.4. The van der Waals surface area contributed by atoms with E-state index in [2.05, 4.69) is 4.18 Å². The van der Waals surface area contributed by atoms with Gasteiger partial charge in [0, 0.05) is 6.42 Å². The smallest absolute Gasteiger partial charge is 0.273 e. The fourth-order valence-electron chi connectivity index (χ4n) is 1.90. The molecule has 21 heavy (non-hydrogen) atoms. The minimum atomic E-state index is -3.67. The van der Waals surface area contributed by atoms with Crippen LogP contribution in [-0.4, -0.2) is 37.3 Å². The lowest BCUT2D eigenvalue weighted by Crippen LogP contribution is -2.56. The third-order valence-electron chi connectivity index (χ3n) is 3.00. The first kappa shape index (κ1) is 17.0. The molecule has 0 aliphatic carbocycles. The Kier molecular flexibility index (Phi) is 5.15. The molecule has 1 fully saturated rings. The van der Waals surface area contributed by atoms with Gasteiger partial charge in [0.15, 0.2) is 0 Å². The average Bonchev–Trinajstić information content (AvgIpc) is 2.41. The van der Waals surface area contributed by atoms with Crippen LogP contribution in [0.4, 0.5) is 0 Å². The van der Waals surface area contributed by atoms with Crippen molar-refractivity contribution in [2.45, 2.75) is 21.6 Å². The summed E-state index contributed by atoms with van der Waals surface area (Å²) >= 11 is 17.0. The van der Waals surface area contributed by atoms with E-state index in [4.69, 9.17) is 44.3 Å². The summed E-state index contributed by atoms with van der Waals surface area (Å²) in [5.74, 6) is 1.30. The molecule has 0 unspecified atom stereocenters. The van der Waals surface area contributed by atoms with Crippen molar-refractivity contribution in [1.29, 1.82) is 0 Å². The predicted molar refractivity (Wildman–Crippen MR) is 81.0 cm³/mol. The zero-order valence-corrected chi connectivity index (χ0v) is 14.0. The van der Waals surface area contributed by atoms with Crippen LogP contribution >= 0.6 is 34.8 Å². The Morgan fingerprint density at radius 1 is 1.19 bits per heavy atom. The second kappa shape index (κ2) is 6.38. The van der Waals surface area contributed by atoms with E-state index in [0.29, 0.717) is 11.5 Å². The van der Waals surface area contributed by atoms with E-state index in [0.717, 1.165) is 0 Å². The third-order valence-corrected chi connectivity index (χ3v) is 5.34. The number of methoxy groups -OCH3 is 1. The van der Waals surface area contributed by atoms with E-state index in [-0.39, 0.29) is 13.0 Å². The van der Waals surface area contributed by atoms with Gasteiger partial charge in [-0.3, -0.25) is 4.18 Å². The highest BCUT2D eigenvalue weighted by Crippen LogP contribution is 2.44. The zero-order valence-electron chi connectivity index (χ0n) is 11.0. The fourth-order valence-corrected chi connectivity index (χ4v) is 4.36. The summed E-state index contributed by atoms with van der Waals surface area (Å²) in [5, 5.41) is -0.886. The van der Waals surface area contributed by atoms with Crippen LogP contribution < -0.4 is 9.47 Å². The molecule has 0 saturated carbocycles. The molecule has 1 aromatic carbocycles. The molecule has 1 aromatic rings. The van der Waals surface area contributed by atoms with Crippen molar-refractivity contribution in [2.24, 2.45) is 0 Å². The van der Waals surface area contributed by atoms with E-state index in [1.54, 1.807) is 31.4 Å². The van der Waals surface area contributed by atoms with Crippen molar-refractivity contribution in [3.63, 3.8) is 0 Å². The van der Waals surface area contributed by atoms with E-state index < -0.39 is 25.3 Å². The summed E-state index contributed by atoms with van der Waals surface area (Å²) in [4.78, 5) is 0. The number of hydrogen-bond acceptors (Lipinski definition) is 5. The first-order valence-corrected chi connectivity index (χ1v) is 8.60. The van der Waals surface area contributed by atoms with Crippen LogP contribution in [0.5, 0.6) is 11.5 Å². The molecule has 0 N–H and O–H groups in total. The molecule has 0 amide bonds. The molecule has 2 atom stereocenters. The van der Waals surface area contributed by atoms with Gasteiger partial charge in [0.1, 0.15) is 22.9 Å². The fraction of sp³-hybridized carbons (Fsp3) is 0.500. The number of rotatable bonds is 5. The number of alkyl halides is 3. The molecule has 118 valence electrons. The first-order valence-electron chi connectivity index (χ1n) is 6.00. The Bertz CT molecular complexity index is 582. The summed E-state index contributed by atoms with van der Waals surface area (Å²) in [6, 6.07) is 6.92. The topological polar surface area (TPSA) is 61.8 Å². The molecule has 2 rings (SSSR count). The Morgan fingerprint density at radius 2 is 1.76 bits per heavy atom. The normalized spacial score (nSPS) is 24.2. The largest absolute Gasteiger partial charge is 0.497 e. The van der Waals surface area contributed by atoms with Crippen LogP contribution in [-0.2, 0) is 14.3 Å². The maximum atomic E-state index is 11.5. The lowest BCUT2D eigenvalue weighted by molar-refractivity contribution is 0.128. The Morgan fingerprint density at radius 3 is 2.24 bits per heavy atom. The quantitative estimate of drug-likeness (QED) is 0.585. The van der Waals surface area contributed by atoms with E-state index in [1.807, 2.05) is 0 Å². The van der Waals surface area contributed by atoms with Gasteiger partial charge in [0.25, 0.3) is 10.1 Å². The zero-order chi connectivity index (χ0) is 15.7. The number of ether oxygens (including phenoxy) is 2. The van der Waals surface area contributed by atoms with Gasteiger partial charge in [-0.25, -0.2) is 0 Å². The SMILES string of the molecule is COc1ccc(OCC[C@H]2[C@H](C(Cl)(Cl)Cl)OS2(=O)=O)cc1. The van der Waals surface area contributed by atoms with Gasteiger partial charge in [-0.1, -0.05) is 34.8 Å². The molecular weight excluding hydrogens is 363 g/mol. The van der Waals surface area contributed by atoms with Crippen molar-refractivity contribution in [1.82, 2.24) is 0 Å². The number of benzene rings is 1. The number of hydrogen-bond donors (Lipinski definition) is 0. The molecule has 1 saturated heterocycles. The standard InChI is InChI=1S/C12H13Cl3O5S/c1-18-8-2-4-9(5-3-8)19-7-6-10-11(12(13,14)15)20-21(10,16)17/h2-5,10-11H,6-7H2,1H3/t10-,11+/m0/s1. The lowest BCUT2D eigenvalue weighted by atomic mass is 10.2. The second-order valence-electron chi connectivity index (χ2n) is 4.40. The van der Waals surface area contributed by atoms with Gasteiger partial charge < -0.3 is 9.47 Å². The van der Waals surface area contributed by atoms with E-state index in [9.17, 15) is 8.42 Å². The average molecular weight is 376 g/mol. The molecule has 0 radical (unpaired) electrons. The van der Waals surface area contributed by atoms with Crippen molar-refractivity contribution >= 4 is 44.9 Å². The van der Waals surface area contributed by atoms with E-state index >= 15 is 0 Å². The Balaban J connectivity index is 1.89. The maximum Gasteiger partial charge on any atom is 0.273 e. The Labute approximate surface area is 138 Å². The summed E-state index contributed by atoms with van der Waals surface area (Å²) in [6.45, 7) is 0.164. The molecule has 0 bridgehead atoms. The first-order chi connectivity index (χ1) is 9.74. The molecule has 1 heterocycles. The molecule has 1 aliphatic rings. The minimum Gasteiger partial charge on any atom is -0.497 e. The van der Waals surface area contributed by atoms with Gasteiger partial charge >= 0.3 is 0 Å². The molecule has 0 spiro atoms. The molecule has 1 aliphatic heterocycles. The monoisotopic (exact) mass is 374 g/mol.